The molecule has 0 radical (unpaired) electrons. The fourth-order valence-corrected chi connectivity index (χ4v) is 4.56. The maximum absolute atomic E-state index is 12.5. The van der Waals surface area contributed by atoms with E-state index in [-0.39, 0.29) is 10.9 Å². The van der Waals surface area contributed by atoms with Crippen LogP contribution in [0.15, 0.2) is 29.2 Å². The van der Waals surface area contributed by atoms with Crippen molar-refractivity contribution in [3.05, 3.63) is 24.3 Å². The summed E-state index contributed by atoms with van der Waals surface area (Å²) in [5, 5.41) is 0. The summed E-state index contributed by atoms with van der Waals surface area (Å²) in [5.74, 6) is 0.452. The molecular formula is C15H24N2O2S. The Bertz CT molecular complexity index is 537. The highest BCUT2D eigenvalue weighted by atomic mass is 32.2. The first kappa shape index (κ1) is 15.3. The van der Waals surface area contributed by atoms with E-state index >= 15 is 0 Å². The molecular weight excluding hydrogens is 272 g/mol. The van der Waals surface area contributed by atoms with Gasteiger partial charge in [-0.05, 0) is 37.3 Å². The van der Waals surface area contributed by atoms with Crippen molar-refractivity contribution in [1.29, 1.82) is 0 Å². The van der Waals surface area contributed by atoms with Gasteiger partial charge in [0.1, 0.15) is 4.90 Å². The van der Waals surface area contributed by atoms with Crippen LogP contribution in [-0.4, -0.2) is 14.5 Å². The molecule has 0 spiro atoms. The maximum Gasteiger partial charge on any atom is 0.242 e. The average molecular weight is 296 g/mol. The molecule has 0 heterocycles. The molecule has 1 aliphatic rings. The van der Waals surface area contributed by atoms with E-state index in [1.54, 1.807) is 24.3 Å². The molecule has 1 aromatic rings. The highest BCUT2D eigenvalue weighted by Gasteiger charge is 2.27. The Hall–Kier alpha value is -1.07. The smallest absolute Gasteiger partial charge is 0.242 e. The Morgan fingerprint density at radius 3 is 2.50 bits per heavy atom. The highest BCUT2D eigenvalue weighted by Crippen LogP contribution is 2.29. The molecule has 0 aliphatic heterocycles. The lowest BCUT2D eigenvalue weighted by molar-refractivity contribution is 0.285. The predicted molar refractivity (Wildman–Crippen MR) is 81.8 cm³/mol. The number of hydrogen-bond donors (Lipinski definition) is 2. The van der Waals surface area contributed by atoms with Crippen molar-refractivity contribution in [1.82, 2.24) is 4.72 Å². The maximum atomic E-state index is 12.5. The number of para-hydroxylation sites is 1. The Balaban J connectivity index is 2.15. The summed E-state index contributed by atoms with van der Waals surface area (Å²) in [6, 6.07) is 6.64. The van der Waals surface area contributed by atoms with Crippen LogP contribution in [-0.2, 0) is 10.0 Å². The van der Waals surface area contributed by atoms with E-state index in [4.69, 9.17) is 5.73 Å². The lowest BCUT2D eigenvalue weighted by atomic mass is 9.83. The van der Waals surface area contributed by atoms with Crippen molar-refractivity contribution >= 4 is 15.7 Å². The van der Waals surface area contributed by atoms with Crippen LogP contribution in [0, 0.1) is 5.92 Å². The van der Waals surface area contributed by atoms with Crippen molar-refractivity contribution in [3.8, 4) is 0 Å². The van der Waals surface area contributed by atoms with Crippen molar-refractivity contribution in [3.63, 3.8) is 0 Å². The molecule has 1 saturated carbocycles. The van der Waals surface area contributed by atoms with Crippen LogP contribution in [0.2, 0.25) is 0 Å². The van der Waals surface area contributed by atoms with Crippen LogP contribution in [0.4, 0.5) is 5.69 Å². The van der Waals surface area contributed by atoms with E-state index < -0.39 is 10.0 Å². The minimum Gasteiger partial charge on any atom is -0.398 e. The van der Waals surface area contributed by atoms with Crippen molar-refractivity contribution in [2.45, 2.75) is 56.4 Å². The van der Waals surface area contributed by atoms with Gasteiger partial charge in [0.15, 0.2) is 0 Å². The molecule has 0 bridgehead atoms. The zero-order chi connectivity index (χ0) is 14.6. The van der Waals surface area contributed by atoms with E-state index in [0.29, 0.717) is 11.6 Å². The third-order valence-corrected chi connectivity index (χ3v) is 5.74. The molecule has 112 valence electrons. The third kappa shape index (κ3) is 3.52. The monoisotopic (exact) mass is 296 g/mol. The SMILES string of the molecule is CCC(NS(=O)(=O)c1ccccc1N)C1CCCCC1. The first-order valence-electron chi connectivity index (χ1n) is 7.41. The molecule has 4 nitrogen and oxygen atoms in total. The summed E-state index contributed by atoms with van der Waals surface area (Å²) >= 11 is 0. The zero-order valence-corrected chi connectivity index (χ0v) is 12.8. The van der Waals surface area contributed by atoms with Gasteiger partial charge in [-0.15, -0.1) is 0 Å². The summed E-state index contributed by atoms with van der Waals surface area (Å²) in [4.78, 5) is 0.189. The predicted octanol–water partition coefficient (Wildman–Crippen LogP) is 2.91. The van der Waals surface area contributed by atoms with Crippen LogP contribution < -0.4 is 10.5 Å². The van der Waals surface area contributed by atoms with E-state index in [2.05, 4.69) is 4.72 Å². The summed E-state index contributed by atoms with van der Waals surface area (Å²) < 4.78 is 27.8. The Morgan fingerprint density at radius 1 is 1.25 bits per heavy atom. The Labute approximate surface area is 121 Å². The lowest BCUT2D eigenvalue weighted by Crippen LogP contribution is -2.40. The number of nitrogen functional groups attached to an aromatic ring is 1. The average Bonchev–Trinajstić information content (AvgIpc) is 2.46. The molecule has 1 unspecified atom stereocenters. The minimum absolute atomic E-state index is 0.0138. The fraction of sp³-hybridized carbons (Fsp3) is 0.600. The first-order chi connectivity index (χ1) is 9.54. The van der Waals surface area contributed by atoms with Crippen molar-refractivity contribution in [2.75, 3.05) is 5.73 Å². The largest absolute Gasteiger partial charge is 0.398 e. The van der Waals surface area contributed by atoms with Crippen molar-refractivity contribution in [2.24, 2.45) is 5.92 Å². The molecule has 5 heteroatoms. The first-order valence-corrected chi connectivity index (χ1v) is 8.89. The number of rotatable bonds is 5. The van der Waals surface area contributed by atoms with Gasteiger partial charge in [-0.25, -0.2) is 13.1 Å². The van der Waals surface area contributed by atoms with Gasteiger partial charge in [-0.2, -0.15) is 0 Å². The zero-order valence-electron chi connectivity index (χ0n) is 12.0. The van der Waals surface area contributed by atoms with Gasteiger partial charge < -0.3 is 5.73 Å². The normalized spacial score (nSPS) is 18.9. The van der Waals surface area contributed by atoms with E-state index in [0.717, 1.165) is 19.3 Å². The van der Waals surface area contributed by atoms with Gasteiger partial charge in [0.2, 0.25) is 10.0 Å². The molecule has 20 heavy (non-hydrogen) atoms. The number of nitrogens with one attached hydrogen (secondary N) is 1. The number of anilines is 1. The lowest BCUT2D eigenvalue weighted by Gasteiger charge is -2.30. The molecule has 1 aliphatic carbocycles. The van der Waals surface area contributed by atoms with E-state index in [9.17, 15) is 8.42 Å². The molecule has 1 aromatic carbocycles. The summed E-state index contributed by atoms with van der Waals surface area (Å²) in [7, 11) is -3.53. The molecule has 0 amide bonds. The summed E-state index contributed by atoms with van der Waals surface area (Å²) in [6.45, 7) is 2.04. The van der Waals surface area contributed by atoms with Crippen LogP contribution in [0.1, 0.15) is 45.4 Å². The van der Waals surface area contributed by atoms with Gasteiger partial charge in [0, 0.05) is 6.04 Å². The molecule has 1 atom stereocenters. The molecule has 0 aromatic heterocycles. The number of benzene rings is 1. The molecule has 1 fully saturated rings. The second-order valence-electron chi connectivity index (χ2n) is 5.57. The molecule has 2 rings (SSSR count). The third-order valence-electron chi connectivity index (χ3n) is 4.17. The van der Waals surface area contributed by atoms with Crippen LogP contribution in [0.3, 0.4) is 0 Å². The quantitative estimate of drug-likeness (QED) is 0.821. The second kappa shape index (κ2) is 6.59. The number of nitrogens with two attached hydrogens (primary N) is 1. The topological polar surface area (TPSA) is 72.2 Å². The standard InChI is InChI=1S/C15H24N2O2S/c1-2-14(12-8-4-3-5-9-12)17-20(18,19)15-11-7-6-10-13(15)16/h6-7,10-12,14,17H,2-5,8-9,16H2,1H3. The van der Waals surface area contributed by atoms with Crippen molar-refractivity contribution < 1.29 is 8.42 Å². The fourth-order valence-electron chi connectivity index (χ4n) is 3.04. The summed E-state index contributed by atoms with van der Waals surface area (Å²) in [5.41, 5.74) is 6.09. The molecule has 0 saturated heterocycles. The van der Waals surface area contributed by atoms with Gasteiger partial charge in [-0.1, -0.05) is 38.3 Å². The van der Waals surface area contributed by atoms with E-state index in [1.165, 1.54) is 19.3 Å². The second-order valence-corrected chi connectivity index (χ2v) is 7.25. The molecule has 3 N–H and O–H groups in total. The highest BCUT2D eigenvalue weighted by molar-refractivity contribution is 7.89. The van der Waals surface area contributed by atoms with Gasteiger partial charge in [0.25, 0.3) is 0 Å². The summed E-state index contributed by atoms with van der Waals surface area (Å²) in [6.07, 6.45) is 6.73. The van der Waals surface area contributed by atoms with Gasteiger partial charge >= 0.3 is 0 Å². The van der Waals surface area contributed by atoms with Crippen LogP contribution in [0.25, 0.3) is 0 Å². The van der Waals surface area contributed by atoms with Gasteiger partial charge in [0.05, 0.1) is 5.69 Å². The minimum atomic E-state index is -3.53. The Morgan fingerprint density at radius 2 is 1.90 bits per heavy atom. The Kier molecular flexibility index (Phi) is 5.05. The van der Waals surface area contributed by atoms with Crippen LogP contribution >= 0.6 is 0 Å². The van der Waals surface area contributed by atoms with Crippen LogP contribution in [0.5, 0.6) is 0 Å². The van der Waals surface area contributed by atoms with E-state index in [1.807, 2.05) is 6.92 Å². The number of sulfonamides is 1. The van der Waals surface area contributed by atoms with Gasteiger partial charge in [-0.3, -0.25) is 0 Å². The number of hydrogen-bond acceptors (Lipinski definition) is 3.